The van der Waals surface area contributed by atoms with Crippen LogP contribution in [-0.2, 0) is 32.0 Å². The summed E-state index contributed by atoms with van der Waals surface area (Å²) in [6.45, 7) is 0. The molecule has 11 nitrogen and oxygen atoms in total. The molecule has 0 radical (unpaired) electrons. The molecule has 0 saturated heterocycles. The zero-order valence-electron chi connectivity index (χ0n) is 25.0. The lowest BCUT2D eigenvalue weighted by molar-refractivity contribution is -0.145. The van der Waals surface area contributed by atoms with Crippen LogP contribution in [0.1, 0.15) is 16.7 Å². The zero-order chi connectivity index (χ0) is 31.9. The number of aromatic amines is 2. The molecule has 2 aromatic heterocycles. The molecule has 45 heavy (non-hydrogen) atoms. The molecule has 5 N–H and O–H groups in total. The number of aromatic hydroxyl groups is 1. The molecular weight excluding hydrogens is 576 g/mol. The Morgan fingerprint density at radius 1 is 0.800 bits per heavy atom. The Morgan fingerprint density at radius 3 is 1.87 bits per heavy atom. The monoisotopic (exact) mass is 610 g/mol. The summed E-state index contributed by atoms with van der Waals surface area (Å²) in [6, 6.07) is 16.4. The minimum absolute atomic E-state index is 0.150. The van der Waals surface area contributed by atoms with Gasteiger partial charge >= 0.3 is 5.97 Å². The van der Waals surface area contributed by atoms with Gasteiger partial charge in [-0.3, -0.25) is 9.59 Å². The highest BCUT2D eigenvalue weighted by molar-refractivity contribution is 5.97. The minimum Gasteiger partial charge on any atom is -0.502 e. The number of phenols is 1. The van der Waals surface area contributed by atoms with E-state index in [9.17, 15) is 19.5 Å². The summed E-state index contributed by atoms with van der Waals surface area (Å²) in [5.74, 6) is -1.52. The van der Waals surface area contributed by atoms with Crippen LogP contribution < -0.4 is 20.1 Å². The van der Waals surface area contributed by atoms with Gasteiger partial charge in [-0.2, -0.15) is 0 Å². The number of esters is 1. The first-order valence-electron chi connectivity index (χ1n) is 14.2. The number of aromatic nitrogens is 2. The van der Waals surface area contributed by atoms with Crippen LogP contribution in [0, 0.1) is 0 Å². The van der Waals surface area contributed by atoms with Crippen molar-refractivity contribution in [1.82, 2.24) is 20.6 Å². The van der Waals surface area contributed by atoms with Gasteiger partial charge in [0.2, 0.25) is 17.6 Å². The van der Waals surface area contributed by atoms with Gasteiger partial charge < -0.3 is 39.9 Å². The summed E-state index contributed by atoms with van der Waals surface area (Å²) in [5.41, 5.74) is 3.97. The predicted octanol–water partition coefficient (Wildman–Crippen LogP) is 4.01. The molecule has 0 aliphatic heterocycles. The van der Waals surface area contributed by atoms with E-state index in [1.54, 1.807) is 24.5 Å². The Bertz CT molecular complexity index is 1850. The zero-order valence-corrected chi connectivity index (χ0v) is 25.0. The number of ether oxygens (including phenoxy) is 3. The van der Waals surface area contributed by atoms with Gasteiger partial charge in [-0.25, -0.2) is 4.79 Å². The first-order valence-corrected chi connectivity index (χ1v) is 14.2. The van der Waals surface area contributed by atoms with Crippen LogP contribution in [0.25, 0.3) is 27.9 Å². The number of H-pyrrole nitrogens is 2. The van der Waals surface area contributed by atoms with Gasteiger partial charge in [-0.05, 0) is 47.0 Å². The normalized spacial score (nSPS) is 12.6. The number of methoxy groups -OCH3 is 3. The van der Waals surface area contributed by atoms with Crippen LogP contribution in [0.2, 0.25) is 0 Å². The van der Waals surface area contributed by atoms with Crippen molar-refractivity contribution in [3.05, 3.63) is 95.8 Å². The second-order valence-corrected chi connectivity index (χ2v) is 10.4. The van der Waals surface area contributed by atoms with Crippen molar-refractivity contribution in [3.63, 3.8) is 0 Å². The summed E-state index contributed by atoms with van der Waals surface area (Å²) in [6.07, 6.45) is 6.71. The molecule has 0 fully saturated rings. The molecule has 2 atom stereocenters. The average Bonchev–Trinajstić information content (AvgIpc) is 3.67. The lowest BCUT2D eigenvalue weighted by Gasteiger charge is -2.22. The van der Waals surface area contributed by atoms with E-state index >= 15 is 0 Å². The second-order valence-electron chi connectivity index (χ2n) is 10.4. The molecular formula is C34H34N4O7. The second kappa shape index (κ2) is 13.7. The molecule has 0 bridgehead atoms. The number of carbonyl (C=O) groups is 3. The number of phenolic OH excluding ortho intramolecular Hbond substituents is 1. The Balaban J connectivity index is 1.39. The maximum Gasteiger partial charge on any atom is 0.328 e. The fourth-order valence-corrected chi connectivity index (χ4v) is 5.26. The number of rotatable bonds is 12. The van der Waals surface area contributed by atoms with Crippen molar-refractivity contribution in [2.75, 3.05) is 21.3 Å². The van der Waals surface area contributed by atoms with Crippen molar-refractivity contribution in [2.45, 2.75) is 24.9 Å². The number of amides is 2. The molecule has 11 heteroatoms. The number of hydrogen-bond acceptors (Lipinski definition) is 7. The molecule has 3 aromatic carbocycles. The number of fused-ring (bicyclic) bond motifs is 2. The van der Waals surface area contributed by atoms with Crippen LogP contribution in [0.3, 0.4) is 0 Å². The Morgan fingerprint density at radius 2 is 1.33 bits per heavy atom. The predicted molar refractivity (Wildman–Crippen MR) is 170 cm³/mol. The van der Waals surface area contributed by atoms with Gasteiger partial charge in [-0.15, -0.1) is 0 Å². The fourth-order valence-electron chi connectivity index (χ4n) is 5.26. The molecule has 2 amide bonds. The summed E-state index contributed by atoms with van der Waals surface area (Å²) in [4.78, 5) is 46.2. The molecule has 0 unspecified atom stereocenters. The van der Waals surface area contributed by atoms with E-state index in [1.165, 1.54) is 33.5 Å². The first-order chi connectivity index (χ1) is 21.8. The lowest BCUT2D eigenvalue weighted by Crippen LogP contribution is -2.53. The molecule has 2 heterocycles. The van der Waals surface area contributed by atoms with Crippen molar-refractivity contribution >= 4 is 45.7 Å². The van der Waals surface area contributed by atoms with Crippen LogP contribution in [0.15, 0.2) is 79.1 Å². The molecule has 0 aliphatic carbocycles. The SMILES string of the molecule is COC(=O)[C@H](Cc1c[nH]c2ccccc12)NC(=O)[C@H](Cc1c[nH]c2ccccc12)NC(=O)/C=C/c1cc(OC)c(O)c(OC)c1. The van der Waals surface area contributed by atoms with Gasteiger partial charge in [-0.1, -0.05) is 36.4 Å². The van der Waals surface area contributed by atoms with E-state index in [1.807, 2.05) is 48.5 Å². The largest absolute Gasteiger partial charge is 0.502 e. The van der Waals surface area contributed by atoms with E-state index < -0.39 is 29.9 Å². The summed E-state index contributed by atoms with van der Waals surface area (Å²) < 4.78 is 15.4. The third kappa shape index (κ3) is 6.93. The lowest BCUT2D eigenvalue weighted by atomic mass is 10.0. The maximum atomic E-state index is 13.8. The molecule has 0 spiro atoms. The quantitative estimate of drug-likeness (QED) is 0.106. The highest BCUT2D eigenvalue weighted by Crippen LogP contribution is 2.37. The highest BCUT2D eigenvalue weighted by Gasteiger charge is 2.29. The van der Waals surface area contributed by atoms with Gasteiger partial charge in [0.25, 0.3) is 0 Å². The van der Waals surface area contributed by atoms with Gasteiger partial charge in [0.05, 0.1) is 21.3 Å². The van der Waals surface area contributed by atoms with Crippen molar-refractivity contribution in [2.24, 2.45) is 0 Å². The highest BCUT2D eigenvalue weighted by atomic mass is 16.5. The summed E-state index contributed by atoms with van der Waals surface area (Å²) in [5, 5.41) is 17.6. The number of para-hydroxylation sites is 2. The Labute approximate surface area is 259 Å². The van der Waals surface area contributed by atoms with E-state index in [-0.39, 0.29) is 30.1 Å². The number of benzene rings is 3. The topological polar surface area (TPSA) is 155 Å². The minimum atomic E-state index is -1.04. The first kappa shape index (κ1) is 30.7. The third-order valence-electron chi connectivity index (χ3n) is 7.56. The van der Waals surface area contributed by atoms with Crippen LogP contribution >= 0.6 is 0 Å². The van der Waals surface area contributed by atoms with Gasteiger partial charge in [0, 0.05) is 53.1 Å². The standard InChI is InChI=1S/C34H34N4O7/c1-43-29-14-20(15-30(44-2)32(29)40)12-13-31(39)37-27(16-21-18-35-25-10-6-4-8-23(21)25)33(41)38-28(34(42)45-3)17-22-19-36-26-11-7-5-9-24(22)26/h4-15,18-19,27-28,35-36,40H,16-17H2,1-3H3,(H,37,39)(H,38,41)/b13-12+/t27-,28-/m0/s1. The molecule has 232 valence electrons. The van der Waals surface area contributed by atoms with Crippen molar-refractivity contribution in [3.8, 4) is 17.2 Å². The Hall–Kier alpha value is -5.71. The Kier molecular flexibility index (Phi) is 9.37. The number of hydrogen-bond donors (Lipinski definition) is 5. The van der Waals surface area contributed by atoms with E-state index in [0.717, 1.165) is 32.9 Å². The maximum absolute atomic E-state index is 13.8. The van der Waals surface area contributed by atoms with Crippen LogP contribution in [0.5, 0.6) is 17.2 Å². The molecule has 5 aromatic rings. The van der Waals surface area contributed by atoms with Crippen molar-refractivity contribution < 1.29 is 33.7 Å². The third-order valence-corrected chi connectivity index (χ3v) is 7.56. The van der Waals surface area contributed by atoms with Crippen LogP contribution in [0.4, 0.5) is 0 Å². The van der Waals surface area contributed by atoms with Crippen molar-refractivity contribution in [1.29, 1.82) is 0 Å². The average molecular weight is 611 g/mol. The van der Waals surface area contributed by atoms with Gasteiger partial charge in [0.15, 0.2) is 11.5 Å². The smallest absolute Gasteiger partial charge is 0.328 e. The summed E-state index contributed by atoms with van der Waals surface area (Å²) >= 11 is 0. The van der Waals surface area contributed by atoms with E-state index in [2.05, 4.69) is 20.6 Å². The molecule has 5 rings (SSSR count). The van der Waals surface area contributed by atoms with E-state index in [4.69, 9.17) is 14.2 Å². The van der Waals surface area contributed by atoms with Gasteiger partial charge in [0.1, 0.15) is 12.1 Å². The fraction of sp³-hybridized carbons (Fsp3) is 0.206. The van der Waals surface area contributed by atoms with E-state index in [0.29, 0.717) is 5.56 Å². The molecule has 0 saturated carbocycles. The number of carbonyl (C=O) groups excluding carboxylic acids is 3. The van der Waals surface area contributed by atoms with Crippen LogP contribution in [-0.4, -0.2) is 66.3 Å². The number of nitrogens with one attached hydrogen (secondary N) is 4. The summed E-state index contributed by atoms with van der Waals surface area (Å²) in [7, 11) is 4.07. The molecule has 0 aliphatic rings.